The Kier molecular flexibility index (Phi) is 7.57. The largest absolute Gasteiger partial charge is 0.444 e. The van der Waals surface area contributed by atoms with Gasteiger partial charge in [0.15, 0.2) is 0 Å². The van der Waals surface area contributed by atoms with Gasteiger partial charge in [-0.15, -0.1) is 0 Å². The summed E-state index contributed by atoms with van der Waals surface area (Å²) >= 11 is 0. The van der Waals surface area contributed by atoms with Gasteiger partial charge in [0.1, 0.15) is 11.3 Å². The molecule has 1 aromatic heterocycles. The molecule has 2 amide bonds. The summed E-state index contributed by atoms with van der Waals surface area (Å²) < 4.78 is 6.91. The summed E-state index contributed by atoms with van der Waals surface area (Å²) in [5.74, 6) is -0.283. The molecule has 4 aromatic rings. The van der Waals surface area contributed by atoms with Crippen LogP contribution in [0.5, 0.6) is 0 Å². The van der Waals surface area contributed by atoms with Gasteiger partial charge in [-0.1, -0.05) is 36.4 Å². The Labute approximate surface area is 216 Å². The first kappa shape index (κ1) is 25.5. The van der Waals surface area contributed by atoms with Crippen molar-refractivity contribution in [2.24, 2.45) is 0 Å². The van der Waals surface area contributed by atoms with Crippen LogP contribution in [-0.4, -0.2) is 27.4 Å². The van der Waals surface area contributed by atoms with Crippen molar-refractivity contribution in [1.29, 1.82) is 0 Å². The molecule has 0 aliphatic carbocycles. The number of nitrogens with one attached hydrogen (secondary N) is 3. The van der Waals surface area contributed by atoms with Crippen LogP contribution in [0.25, 0.3) is 5.69 Å². The minimum absolute atomic E-state index is 0.283. The molecule has 3 N–H and O–H groups in total. The van der Waals surface area contributed by atoms with Gasteiger partial charge in [0, 0.05) is 23.6 Å². The van der Waals surface area contributed by atoms with E-state index < -0.39 is 11.7 Å². The zero-order chi connectivity index (χ0) is 26.4. The first-order valence-electron chi connectivity index (χ1n) is 12.0. The molecule has 0 fully saturated rings. The summed E-state index contributed by atoms with van der Waals surface area (Å²) in [5, 5.41) is 13.6. The fourth-order valence-corrected chi connectivity index (χ4v) is 3.70. The SMILES string of the molecule is Cc1cc(C(=O)Nc2cccc(Nc3ccccc3)c2)n(-c2cccc(CNC(=O)OC(C)(C)C)c2)n1. The van der Waals surface area contributed by atoms with E-state index in [0.29, 0.717) is 22.8 Å². The molecule has 0 unspecified atom stereocenters. The minimum atomic E-state index is -0.572. The van der Waals surface area contributed by atoms with Gasteiger partial charge in [-0.05, 0) is 81.8 Å². The lowest BCUT2D eigenvalue weighted by Gasteiger charge is -2.19. The fourth-order valence-electron chi connectivity index (χ4n) is 3.70. The van der Waals surface area contributed by atoms with Gasteiger partial charge in [0.25, 0.3) is 5.91 Å². The van der Waals surface area contributed by atoms with E-state index in [2.05, 4.69) is 21.0 Å². The van der Waals surface area contributed by atoms with Gasteiger partial charge in [0.05, 0.1) is 11.4 Å². The molecular weight excluding hydrogens is 466 g/mol. The Bertz CT molecular complexity index is 1390. The second kappa shape index (κ2) is 11.0. The number of hydrogen-bond donors (Lipinski definition) is 3. The van der Waals surface area contributed by atoms with Gasteiger partial charge >= 0.3 is 6.09 Å². The lowest BCUT2D eigenvalue weighted by atomic mass is 10.2. The maximum Gasteiger partial charge on any atom is 0.407 e. The zero-order valence-electron chi connectivity index (χ0n) is 21.4. The second-order valence-electron chi connectivity index (χ2n) is 9.63. The van der Waals surface area contributed by atoms with Crippen LogP contribution in [0.1, 0.15) is 42.5 Å². The predicted octanol–water partition coefficient (Wildman–Crippen LogP) is 6.20. The third kappa shape index (κ3) is 7.20. The molecule has 0 bridgehead atoms. The van der Waals surface area contributed by atoms with Gasteiger partial charge in [0.2, 0.25) is 0 Å². The maximum absolute atomic E-state index is 13.3. The highest BCUT2D eigenvalue weighted by Gasteiger charge is 2.18. The summed E-state index contributed by atoms with van der Waals surface area (Å²) in [6.45, 7) is 7.57. The molecule has 190 valence electrons. The number of benzene rings is 3. The molecule has 4 rings (SSSR count). The van der Waals surface area contributed by atoms with Crippen molar-refractivity contribution < 1.29 is 14.3 Å². The average Bonchev–Trinajstić information content (AvgIpc) is 3.25. The van der Waals surface area contributed by atoms with Crippen LogP contribution in [0.3, 0.4) is 0 Å². The van der Waals surface area contributed by atoms with Crippen molar-refractivity contribution >= 4 is 29.1 Å². The molecule has 8 heteroatoms. The lowest BCUT2D eigenvalue weighted by Crippen LogP contribution is -2.32. The quantitative estimate of drug-likeness (QED) is 0.282. The molecule has 0 saturated heterocycles. The Morgan fingerprint density at radius 3 is 2.32 bits per heavy atom. The smallest absolute Gasteiger partial charge is 0.407 e. The van der Waals surface area contributed by atoms with Crippen LogP contribution in [-0.2, 0) is 11.3 Å². The minimum Gasteiger partial charge on any atom is -0.444 e. The first-order chi connectivity index (χ1) is 17.7. The molecule has 0 aliphatic heterocycles. The first-order valence-corrected chi connectivity index (χ1v) is 12.0. The zero-order valence-corrected chi connectivity index (χ0v) is 21.4. The molecule has 3 aromatic carbocycles. The van der Waals surface area contributed by atoms with Crippen LogP contribution in [0.4, 0.5) is 21.9 Å². The van der Waals surface area contributed by atoms with E-state index in [-0.39, 0.29) is 12.5 Å². The highest BCUT2D eigenvalue weighted by atomic mass is 16.6. The van der Waals surface area contributed by atoms with Gasteiger partial charge < -0.3 is 20.7 Å². The van der Waals surface area contributed by atoms with E-state index in [0.717, 1.165) is 16.9 Å². The summed E-state index contributed by atoms with van der Waals surface area (Å²) in [4.78, 5) is 25.3. The molecule has 8 nitrogen and oxygen atoms in total. The normalized spacial score (nSPS) is 11.0. The predicted molar refractivity (Wildman–Crippen MR) is 145 cm³/mol. The van der Waals surface area contributed by atoms with Crippen LogP contribution in [0.15, 0.2) is 84.9 Å². The lowest BCUT2D eigenvalue weighted by molar-refractivity contribution is 0.0523. The number of carbonyl (C=O) groups excluding carboxylic acids is 2. The number of aryl methyl sites for hydroxylation is 1. The fraction of sp³-hybridized carbons (Fsp3) is 0.207. The third-order valence-corrected chi connectivity index (χ3v) is 5.24. The standard InChI is InChI=1S/C29H31N5O3/c1-20-16-26(27(35)32-24-14-9-13-23(18-24)31-22-11-6-5-7-12-22)34(33-20)25-15-8-10-21(17-25)19-30-28(36)37-29(2,3)4/h5-18,31H,19H2,1-4H3,(H,30,36)(H,32,35). The topological polar surface area (TPSA) is 97.3 Å². The molecule has 0 atom stereocenters. The summed E-state index contributed by atoms with van der Waals surface area (Å²) in [6.07, 6.45) is -0.489. The van der Waals surface area contributed by atoms with Crippen molar-refractivity contribution in [1.82, 2.24) is 15.1 Å². The second-order valence-corrected chi connectivity index (χ2v) is 9.63. The van der Waals surface area contributed by atoms with Gasteiger partial charge in [-0.25, -0.2) is 9.48 Å². The summed E-state index contributed by atoms with van der Waals surface area (Å²) in [6, 6.07) is 26.6. The monoisotopic (exact) mass is 497 g/mol. The molecule has 37 heavy (non-hydrogen) atoms. The van der Waals surface area contributed by atoms with E-state index in [1.54, 1.807) is 10.7 Å². The molecule has 0 aliphatic rings. The number of ether oxygens (including phenoxy) is 1. The van der Waals surface area contributed by atoms with Crippen molar-refractivity contribution in [2.75, 3.05) is 10.6 Å². The average molecular weight is 498 g/mol. The highest BCUT2D eigenvalue weighted by molar-refractivity contribution is 6.03. The Morgan fingerprint density at radius 2 is 1.57 bits per heavy atom. The summed E-state index contributed by atoms with van der Waals surface area (Å²) in [5.41, 5.74) is 4.57. The molecule has 1 heterocycles. The van der Waals surface area contributed by atoms with Crippen LogP contribution >= 0.6 is 0 Å². The third-order valence-electron chi connectivity index (χ3n) is 5.24. The molecule has 0 radical (unpaired) electrons. The number of amides is 2. The van der Waals surface area contributed by atoms with E-state index in [9.17, 15) is 9.59 Å². The number of alkyl carbamates (subject to hydrolysis) is 1. The van der Waals surface area contributed by atoms with Crippen LogP contribution < -0.4 is 16.0 Å². The number of para-hydroxylation sites is 1. The van der Waals surface area contributed by atoms with Crippen molar-refractivity contribution in [2.45, 2.75) is 39.8 Å². The number of aromatic nitrogens is 2. The number of nitrogens with zero attached hydrogens (tertiary/aromatic N) is 2. The molecule has 0 saturated carbocycles. The van der Waals surface area contributed by atoms with Crippen LogP contribution in [0.2, 0.25) is 0 Å². The number of carbonyl (C=O) groups is 2. The summed E-state index contributed by atoms with van der Waals surface area (Å²) in [7, 11) is 0. The van der Waals surface area contributed by atoms with E-state index in [1.165, 1.54) is 0 Å². The number of hydrogen-bond acceptors (Lipinski definition) is 5. The van der Waals surface area contributed by atoms with Crippen molar-refractivity contribution in [3.8, 4) is 5.69 Å². The van der Waals surface area contributed by atoms with Gasteiger partial charge in [-0.3, -0.25) is 4.79 Å². The Hall–Kier alpha value is -4.59. The maximum atomic E-state index is 13.3. The van der Waals surface area contributed by atoms with Crippen molar-refractivity contribution in [3.63, 3.8) is 0 Å². The van der Waals surface area contributed by atoms with E-state index in [4.69, 9.17) is 4.74 Å². The Balaban J connectivity index is 1.48. The van der Waals surface area contributed by atoms with Gasteiger partial charge in [-0.2, -0.15) is 5.10 Å². The Morgan fingerprint density at radius 1 is 0.865 bits per heavy atom. The van der Waals surface area contributed by atoms with Crippen molar-refractivity contribution in [3.05, 3.63) is 102 Å². The molecule has 0 spiro atoms. The highest BCUT2D eigenvalue weighted by Crippen LogP contribution is 2.21. The number of rotatable bonds is 7. The van der Waals surface area contributed by atoms with Crippen LogP contribution in [0, 0.1) is 6.92 Å². The van der Waals surface area contributed by atoms with E-state index in [1.807, 2.05) is 107 Å². The van der Waals surface area contributed by atoms with E-state index >= 15 is 0 Å². The number of anilines is 3. The molecular formula is C29H31N5O3.